The third-order valence-electron chi connectivity index (χ3n) is 4.82. The average Bonchev–Trinajstić information content (AvgIpc) is 2.63. The molecule has 3 rings (SSSR count). The summed E-state index contributed by atoms with van der Waals surface area (Å²) in [7, 11) is 0. The van der Waals surface area contributed by atoms with Crippen molar-refractivity contribution in [1.82, 2.24) is 0 Å². The van der Waals surface area contributed by atoms with Crippen molar-refractivity contribution >= 4 is 11.5 Å². The highest BCUT2D eigenvalue weighted by molar-refractivity contribution is 5.94. The topological polar surface area (TPSA) is 73.1 Å². The Kier molecular flexibility index (Phi) is 5.16. The van der Waals surface area contributed by atoms with Crippen molar-refractivity contribution in [3.05, 3.63) is 53.6 Å². The number of aliphatic hydroxyl groups excluding tert-OH is 1. The highest BCUT2D eigenvalue weighted by Gasteiger charge is 2.20. The number of nitriles is 1. The Morgan fingerprint density at radius 3 is 2.32 bits per heavy atom. The first kappa shape index (κ1) is 17.2. The summed E-state index contributed by atoms with van der Waals surface area (Å²) in [5, 5.41) is 22.5. The van der Waals surface area contributed by atoms with Crippen molar-refractivity contribution in [2.24, 2.45) is 0 Å². The largest absolute Gasteiger partial charge is 0.393 e. The zero-order valence-electron chi connectivity index (χ0n) is 14.3. The zero-order valence-corrected chi connectivity index (χ0v) is 14.3. The molecule has 1 aliphatic carbocycles. The van der Waals surface area contributed by atoms with Gasteiger partial charge in [-0.3, -0.25) is 4.79 Å². The summed E-state index contributed by atoms with van der Waals surface area (Å²) >= 11 is 0. The average molecular weight is 334 g/mol. The number of rotatable bonds is 4. The van der Waals surface area contributed by atoms with Crippen LogP contribution in [0.3, 0.4) is 0 Å². The smallest absolute Gasteiger partial charge is 0.159 e. The van der Waals surface area contributed by atoms with Crippen LogP contribution in [-0.2, 0) is 0 Å². The molecule has 4 heteroatoms. The van der Waals surface area contributed by atoms with Crippen molar-refractivity contribution < 1.29 is 9.90 Å². The minimum Gasteiger partial charge on any atom is -0.393 e. The number of carbonyl (C=O) groups excluding carboxylic acids is 1. The first-order valence-corrected chi connectivity index (χ1v) is 8.67. The molecule has 2 N–H and O–H groups in total. The van der Waals surface area contributed by atoms with Crippen LogP contribution in [0.2, 0.25) is 0 Å². The normalized spacial score (nSPS) is 19.9. The maximum absolute atomic E-state index is 11.4. The Balaban J connectivity index is 1.84. The molecular weight excluding hydrogens is 312 g/mol. The van der Waals surface area contributed by atoms with E-state index >= 15 is 0 Å². The lowest BCUT2D eigenvalue weighted by molar-refractivity contribution is 0.101. The van der Waals surface area contributed by atoms with E-state index in [1.165, 1.54) is 0 Å². The number of aliphatic hydroxyl groups is 1. The van der Waals surface area contributed by atoms with Gasteiger partial charge in [-0.25, -0.2) is 0 Å². The van der Waals surface area contributed by atoms with Gasteiger partial charge in [0.05, 0.1) is 17.4 Å². The Labute approximate surface area is 148 Å². The Hall–Kier alpha value is -2.64. The fraction of sp³-hybridized carbons (Fsp3) is 0.333. The van der Waals surface area contributed by atoms with Crippen LogP contribution in [-0.4, -0.2) is 23.0 Å². The van der Waals surface area contributed by atoms with Crippen LogP contribution >= 0.6 is 0 Å². The molecule has 0 heterocycles. The van der Waals surface area contributed by atoms with Gasteiger partial charge in [-0.1, -0.05) is 30.3 Å². The van der Waals surface area contributed by atoms with E-state index in [0.717, 1.165) is 42.5 Å². The number of nitrogens with one attached hydrogen (secondary N) is 1. The van der Waals surface area contributed by atoms with E-state index in [9.17, 15) is 15.2 Å². The molecule has 0 amide bonds. The Bertz CT molecular complexity index is 798. The Morgan fingerprint density at radius 2 is 1.72 bits per heavy atom. The maximum atomic E-state index is 11.4. The van der Waals surface area contributed by atoms with E-state index in [2.05, 4.69) is 11.4 Å². The van der Waals surface area contributed by atoms with Gasteiger partial charge in [-0.2, -0.15) is 5.26 Å². The number of Topliss-reactive ketones (excluding diaryl/α,β-unsaturated/α-hetero) is 1. The molecule has 0 spiro atoms. The number of carbonyl (C=O) groups is 1. The van der Waals surface area contributed by atoms with E-state index in [4.69, 9.17) is 0 Å². The van der Waals surface area contributed by atoms with Gasteiger partial charge in [0, 0.05) is 11.6 Å². The van der Waals surface area contributed by atoms with Crippen LogP contribution < -0.4 is 5.32 Å². The molecule has 0 saturated heterocycles. The van der Waals surface area contributed by atoms with Crippen molar-refractivity contribution in [3.8, 4) is 17.2 Å². The molecule has 0 aliphatic heterocycles. The van der Waals surface area contributed by atoms with E-state index < -0.39 is 0 Å². The van der Waals surface area contributed by atoms with Crippen molar-refractivity contribution in [1.29, 1.82) is 5.26 Å². The second kappa shape index (κ2) is 7.50. The molecule has 0 radical (unpaired) electrons. The number of ketones is 1. The first-order chi connectivity index (χ1) is 12.1. The Morgan fingerprint density at radius 1 is 1.08 bits per heavy atom. The summed E-state index contributed by atoms with van der Waals surface area (Å²) in [4.78, 5) is 11.4. The number of hydrogen-bond acceptors (Lipinski definition) is 4. The third-order valence-corrected chi connectivity index (χ3v) is 4.82. The summed E-state index contributed by atoms with van der Waals surface area (Å²) in [6.07, 6.45) is 3.21. The minimum atomic E-state index is -0.195. The van der Waals surface area contributed by atoms with Crippen LogP contribution in [0.15, 0.2) is 42.5 Å². The summed E-state index contributed by atoms with van der Waals surface area (Å²) in [5.74, 6) is 0.0493. The molecule has 2 aromatic carbocycles. The van der Waals surface area contributed by atoms with Gasteiger partial charge in [-0.15, -0.1) is 0 Å². The highest BCUT2D eigenvalue weighted by Crippen LogP contribution is 2.29. The van der Waals surface area contributed by atoms with Crippen molar-refractivity contribution in [2.45, 2.75) is 44.8 Å². The van der Waals surface area contributed by atoms with E-state index in [1.807, 2.05) is 42.5 Å². The molecule has 128 valence electrons. The van der Waals surface area contributed by atoms with E-state index in [0.29, 0.717) is 11.1 Å². The van der Waals surface area contributed by atoms with Crippen molar-refractivity contribution in [2.75, 3.05) is 5.32 Å². The lowest BCUT2D eigenvalue weighted by Crippen LogP contribution is -2.28. The maximum Gasteiger partial charge on any atom is 0.159 e. The number of hydrogen-bond donors (Lipinski definition) is 2. The minimum absolute atomic E-state index is 0.0493. The molecule has 25 heavy (non-hydrogen) atoms. The predicted octanol–water partition coefficient (Wildman–Crippen LogP) is 4.14. The van der Waals surface area contributed by atoms with Crippen LogP contribution in [0.4, 0.5) is 5.69 Å². The molecule has 1 saturated carbocycles. The van der Waals surface area contributed by atoms with Crippen LogP contribution in [0.25, 0.3) is 11.1 Å². The molecule has 2 aromatic rings. The van der Waals surface area contributed by atoms with Crippen LogP contribution in [0.1, 0.15) is 48.5 Å². The number of anilines is 1. The molecule has 1 aliphatic rings. The SMILES string of the molecule is CC(=O)c1ccc(-c2ccc(C#N)c(NC3CCC(O)CC3)c2)cc1. The highest BCUT2D eigenvalue weighted by atomic mass is 16.3. The molecule has 0 aromatic heterocycles. The van der Waals surface area contributed by atoms with E-state index in [1.54, 1.807) is 6.92 Å². The van der Waals surface area contributed by atoms with Gasteiger partial charge in [0.2, 0.25) is 0 Å². The number of nitrogens with zero attached hydrogens (tertiary/aromatic N) is 1. The molecule has 0 bridgehead atoms. The summed E-state index contributed by atoms with van der Waals surface area (Å²) < 4.78 is 0. The zero-order chi connectivity index (χ0) is 17.8. The van der Waals surface area contributed by atoms with Gasteiger partial charge in [0.15, 0.2) is 5.78 Å². The molecular formula is C21H22N2O2. The van der Waals surface area contributed by atoms with Gasteiger partial charge in [0.1, 0.15) is 6.07 Å². The van der Waals surface area contributed by atoms with E-state index in [-0.39, 0.29) is 17.9 Å². The van der Waals surface area contributed by atoms with Gasteiger partial charge in [-0.05, 0) is 55.9 Å². The van der Waals surface area contributed by atoms with Crippen LogP contribution in [0.5, 0.6) is 0 Å². The van der Waals surface area contributed by atoms with Crippen molar-refractivity contribution in [3.63, 3.8) is 0 Å². The summed E-state index contributed by atoms with van der Waals surface area (Å²) in [6, 6.07) is 15.8. The third kappa shape index (κ3) is 4.07. The standard InChI is InChI=1S/C21H22N2O2/c1-14(24)15-2-4-16(5-3-15)17-6-7-18(13-22)21(12-17)23-19-8-10-20(25)11-9-19/h2-7,12,19-20,23,25H,8-11H2,1H3. The summed E-state index contributed by atoms with van der Waals surface area (Å²) in [6.45, 7) is 1.56. The molecule has 0 unspecified atom stereocenters. The fourth-order valence-corrected chi connectivity index (χ4v) is 3.28. The first-order valence-electron chi connectivity index (χ1n) is 8.67. The lowest BCUT2D eigenvalue weighted by Gasteiger charge is -2.27. The monoisotopic (exact) mass is 334 g/mol. The second-order valence-electron chi connectivity index (χ2n) is 6.66. The molecule has 1 fully saturated rings. The second-order valence-corrected chi connectivity index (χ2v) is 6.66. The lowest BCUT2D eigenvalue weighted by atomic mass is 9.92. The fourth-order valence-electron chi connectivity index (χ4n) is 3.28. The van der Waals surface area contributed by atoms with Gasteiger partial charge in [0.25, 0.3) is 0 Å². The quantitative estimate of drug-likeness (QED) is 0.824. The van der Waals surface area contributed by atoms with Gasteiger partial charge >= 0.3 is 0 Å². The number of benzene rings is 2. The molecule has 4 nitrogen and oxygen atoms in total. The summed E-state index contributed by atoms with van der Waals surface area (Å²) in [5.41, 5.74) is 4.16. The van der Waals surface area contributed by atoms with Gasteiger partial charge < -0.3 is 10.4 Å². The van der Waals surface area contributed by atoms with Crippen LogP contribution in [0, 0.1) is 11.3 Å². The predicted molar refractivity (Wildman–Crippen MR) is 98.5 cm³/mol. The molecule has 0 atom stereocenters.